The van der Waals surface area contributed by atoms with Gasteiger partial charge in [0.2, 0.25) is 0 Å². The molecule has 0 atom stereocenters. The Labute approximate surface area is 205 Å². The van der Waals surface area contributed by atoms with E-state index in [2.05, 4.69) is 0 Å². The molecule has 5 nitrogen and oxygen atoms in total. The Morgan fingerprint density at radius 2 is 1.61 bits per heavy atom. The molecule has 1 saturated heterocycles. The topological polar surface area (TPSA) is 55.8 Å². The van der Waals surface area contributed by atoms with Gasteiger partial charge in [-0.05, 0) is 59.3 Å². The third-order valence-corrected chi connectivity index (χ3v) is 6.27. The van der Waals surface area contributed by atoms with Crippen molar-refractivity contribution in [2.24, 2.45) is 0 Å². The maximum atomic E-state index is 13.0. The van der Waals surface area contributed by atoms with Gasteiger partial charge in [-0.25, -0.2) is 0 Å². The molecule has 3 aromatic rings. The maximum absolute atomic E-state index is 13.0. The fourth-order valence-corrected chi connectivity index (χ4v) is 4.59. The normalized spacial score (nSPS) is 14.8. The number of halogens is 2. The SMILES string of the molecule is COc1cccc(/C=C2\SC(=O)N(Cc3cccc(Cl)c3)C2=O)c1OCc1cccc(Cl)c1. The summed E-state index contributed by atoms with van der Waals surface area (Å²) in [4.78, 5) is 27.1. The minimum Gasteiger partial charge on any atom is -0.493 e. The number of carbonyl (C=O) groups excluding carboxylic acids is 2. The average molecular weight is 500 g/mol. The molecule has 0 unspecified atom stereocenters. The second kappa shape index (κ2) is 10.3. The first-order valence-corrected chi connectivity index (χ1v) is 11.6. The molecule has 0 aromatic heterocycles. The zero-order valence-corrected chi connectivity index (χ0v) is 19.9. The summed E-state index contributed by atoms with van der Waals surface area (Å²) in [5.41, 5.74) is 2.30. The molecule has 0 aliphatic carbocycles. The lowest BCUT2D eigenvalue weighted by Gasteiger charge is -2.14. The molecule has 8 heteroatoms. The Morgan fingerprint density at radius 3 is 2.30 bits per heavy atom. The lowest BCUT2D eigenvalue weighted by molar-refractivity contribution is -0.123. The second-order valence-electron chi connectivity index (χ2n) is 7.19. The minimum absolute atomic E-state index is 0.152. The number of hydrogen-bond acceptors (Lipinski definition) is 5. The van der Waals surface area contributed by atoms with Crippen LogP contribution in [0.25, 0.3) is 6.08 Å². The third kappa shape index (κ3) is 5.53. The van der Waals surface area contributed by atoms with Gasteiger partial charge in [-0.2, -0.15) is 0 Å². The zero-order valence-electron chi connectivity index (χ0n) is 17.6. The largest absolute Gasteiger partial charge is 0.493 e. The van der Waals surface area contributed by atoms with E-state index in [1.54, 1.807) is 55.7 Å². The summed E-state index contributed by atoms with van der Waals surface area (Å²) in [6.07, 6.45) is 1.65. The molecule has 0 N–H and O–H groups in total. The van der Waals surface area contributed by atoms with E-state index in [9.17, 15) is 9.59 Å². The Kier molecular flexibility index (Phi) is 7.28. The number of rotatable bonds is 7. The average Bonchev–Trinajstić information content (AvgIpc) is 3.05. The van der Waals surface area contributed by atoms with Gasteiger partial charge in [0.05, 0.1) is 18.6 Å². The Bertz CT molecular complexity index is 1240. The highest BCUT2D eigenvalue weighted by Crippen LogP contribution is 2.38. The van der Waals surface area contributed by atoms with Gasteiger partial charge in [0.25, 0.3) is 11.1 Å². The van der Waals surface area contributed by atoms with Crippen LogP contribution in [0, 0.1) is 0 Å². The summed E-state index contributed by atoms with van der Waals surface area (Å²) in [6, 6.07) is 19.8. The zero-order chi connectivity index (χ0) is 23.4. The molecule has 1 aliphatic heterocycles. The number of benzene rings is 3. The van der Waals surface area contributed by atoms with Crippen molar-refractivity contribution in [3.63, 3.8) is 0 Å². The lowest BCUT2D eigenvalue weighted by Crippen LogP contribution is -2.27. The van der Waals surface area contributed by atoms with Crippen molar-refractivity contribution < 1.29 is 19.1 Å². The van der Waals surface area contributed by atoms with Crippen LogP contribution >= 0.6 is 35.0 Å². The first kappa shape index (κ1) is 23.2. The number of nitrogens with zero attached hydrogens (tertiary/aromatic N) is 1. The second-order valence-corrected chi connectivity index (χ2v) is 9.06. The molecular weight excluding hydrogens is 481 g/mol. The summed E-state index contributed by atoms with van der Waals surface area (Å²) in [5, 5.41) is 0.827. The van der Waals surface area contributed by atoms with Crippen LogP contribution < -0.4 is 9.47 Å². The van der Waals surface area contributed by atoms with E-state index < -0.39 is 0 Å². The summed E-state index contributed by atoms with van der Waals surface area (Å²) in [7, 11) is 1.55. The number of methoxy groups -OCH3 is 1. The van der Waals surface area contributed by atoms with Gasteiger partial charge in [-0.15, -0.1) is 0 Å². The Balaban J connectivity index is 1.59. The van der Waals surface area contributed by atoms with Crippen LogP contribution in [0.5, 0.6) is 11.5 Å². The highest BCUT2D eigenvalue weighted by atomic mass is 35.5. The van der Waals surface area contributed by atoms with Gasteiger partial charge in [0.1, 0.15) is 6.61 Å². The van der Waals surface area contributed by atoms with Crippen molar-refractivity contribution in [3.05, 3.63) is 98.4 Å². The van der Waals surface area contributed by atoms with E-state index in [1.807, 2.05) is 24.3 Å². The van der Waals surface area contributed by atoms with Crippen molar-refractivity contribution in [1.29, 1.82) is 0 Å². The summed E-state index contributed by atoms with van der Waals surface area (Å²) < 4.78 is 11.5. The van der Waals surface area contributed by atoms with E-state index >= 15 is 0 Å². The monoisotopic (exact) mass is 499 g/mol. The molecule has 1 aliphatic rings. The van der Waals surface area contributed by atoms with Crippen molar-refractivity contribution in [2.75, 3.05) is 7.11 Å². The number of para-hydroxylation sites is 1. The van der Waals surface area contributed by atoms with Crippen LogP contribution in [0.2, 0.25) is 10.0 Å². The van der Waals surface area contributed by atoms with Crippen molar-refractivity contribution in [3.8, 4) is 11.5 Å². The van der Waals surface area contributed by atoms with Crippen molar-refractivity contribution in [1.82, 2.24) is 4.90 Å². The molecule has 1 heterocycles. The maximum Gasteiger partial charge on any atom is 0.293 e. The number of imide groups is 1. The van der Waals surface area contributed by atoms with E-state index in [1.165, 1.54) is 4.90 Å². The molecule has 1 fully saturated rings. The molecule has 0 spiro atoms. The van der Waals surface area contributed by atoms with Gasteiger partial charge in [0, 0.05) is 15.6 Å². The summed E-state index contributed by atoms with van der Waals surface area (Å²) in [5.74, 6) is 0.624. The van der Waals surface area contributed by atoms with Gasteiger partial charge >= 0.3 is 0 Å². The summed E-state index contributed by atoms with van der Waals surface area (Å²) in [6.45, 7) is 0.414. The predicted octanol–water partition coefficient (Wildman–Crippen LogP) is 6.82. The van der Waals surface area contributed by atoms with Gasteiger partial charge in [-0.3, -0.25) is 14.5 Å². The molecule has 3 aromatic carbocycles. The first-order chi connectivity index (χ1) is 15.9. The van der Waals surface area contributed by atoms with Gasteiger partial charge in [-0.1, -0.05) is 59.6 Å². The van der Waals surface area contributed by atoms with Crippen LogP contribution in [0.15, 0.2) is 71.6 Å². The number of carbonyl (C=O) groups is 2. The van der Waals surface area contributed by atoms with Gasteiger partial charge < -0.3 is 9.47 Å². The van der Waals surface area contributed by atoms with E-state index in [-0.39, 0.29) is 24.3 Å². The standard InChI is InChI=1S/C25H19Cl2NO4S/c1-31-21-10-4-7-18(23(21)32-15-17-6-3-9-20(27)12-17)13-22-24(29)28(25(30)33-22)14-16-5-2-8-19(26)11-16/h2-13H,14-15H2,1H3/b22-13-. The molecule has 0 radical (unpaired) electrons. The minimum atomic E-state index is -0.367. The van der Waals surface area contributed by atoms with Crippen LogP contribution in [0.3, 0.4) is 0 Å². The quantitative estimate of drug-likeness (QED) is 0.334. The Morgan fingerprint density at radius 1 is 0.939 bits per heavy atom. The smallest absolute Gasteiger partial charge is 0.293 e. The van der Waals surface area contributed by atoms with Crippen LogP contribution in [0.4, 0.5) is 4.79 Å². The Hall–Kier alpha value is -2.93. The highest BCUT2D eigenvalue weighted by Gasteiger charge is 2.35. The van der Waals surface area contributed by atoms with E-state index in [0.29, 0.717) is 32.0 Å². The molecule has 33 heavy (non-hydrogen) atoms. The molecular formula is C25H19Cl2NO4S. The first-order valence-electron chi connectivity index (χ1n) is 9.98. The third-order valence-electron chi connectivity index (χ3n) is 4.89. The fourth-order valence-electron chi connectivity index (χ4n) is 3.34. The number of thioether (sulfide) groups is 1. The molecule has 168 valence electrons. The van der Waals surface area contributed by atoms with Crippen molar-refractivity contribution >= 4 is 52.2 Å². The van der Waals surface area contributed by atoms with E-state index in [0.717, 1.165) is 22.9 Å². The van der Waals surface area contributed by atoms with Crippen molar-refractivity contribution in [2.45, 2.75) is 13.2 Å². The molecule has 2 amide bonds. The van der Waals surface area contributed by atoms with Crippen LogP contribution in [-0.4, -0.2) is 23.2 Å². The number of amides is 2. The fraction of sp³-hybridized carbons (Fsp3) is 0.120. The van der Waals surface area contributed by atoms with E-state index in [4.69, 9.17) is 32.7 Å². The highest BCUT2D eigenvalue weighted by molar-refractivity contribution is 8.18. The lowest BCUT2D eigenvalue weighted by atomic mass is 10.1. The molecule has 0 saturated carbocycles. The molecule has 0 bridgehead atoms. The molecule has 4 rings (SSSR count). The summed E-state index contributed by atoms with van der Waals surface area (Å²) >= 11 is 13.0. The number of ether oxygens (including phenoxy) is 2. The van der Waals surface area contributed by atoms with Crippen LogP contribution in [0.1, 0.15) is 16.7 Å². The number of hydrogen-bond donors (Lipinski definition) is 0. The van der Waals surface area contributed by atoms with Crippen LogP contribution in [-0.2, 0) is 17.9 Å². The van der Waals surface area contributed by atoms with Gasteiger partial charge in [0.15, 0.2) is 11.5 Å². The predicted molar refractivity (Wildman–Crippen MR) is 132 cm³/mol.